The van der Waals surface area contributed by atoms with Crippen LogP contribution < -0.4 is 0 Å². The lowest BCUT2D eigenvalue weighted by Crippen LogP contribution is -2.40. The molecule has 6 heteroatoms. The van der Waals surface area contributed by atoms with Gasteiger partial charge in [-0.05, 0) is 44.8 Å². The quantitative estimate of drug-likeness (QED) is 0.856. The van der Waals surface area contributed by atoms with Crippen LogP contribution in [0.3, 0.4) is 0 Å². The Hall–Kier alpha value is -1.40. The van der Waals surface area contributed by atoms with Crippen molar-refractivity contribution in [3.05, 3.63) is 33.8 Å². The van der Waals surface area contributed by atoms with E-state index in [0.717, 1.165) is 10.0 Å². The minimum atomic E-state index is -1.01. The maximum atomic E-state index is 12.4. The van der Waals surface area contributed by atoms with E-state index in [1.807, 2.05) is 32.0 Å². The molecule has 0 unspecified atom stereocenters. The number of carbonyl (C=O) groups excluding carboxylic acids is 1. The second-order valence-corrected chi connectivity index (χ2v) is 5.86. The van der Waals surface area contributed by atoms with Crippen molar-refractivity contribution < 1.29 is 14.7 Å². The number of aryl methyl sites for hydroxylation is 1. The van der Waals surface area contributed by atoms with Crippen molar-refractivity contribution in [3.8, 4) is 0 Å². The number of hydrogen-bond donors (Lipinski definition) is 1. The Kier molecular flexibility index (Phi) is 6.16. The van der Waals surface area contributed by atoms with E-state index in [2.05, 4.69) is 15.9 Å². The third-order valence-electron chi connectivity index (χ3n) is 2.72. The molecular weight excluding hydrogens is 324 g/mol. The summed E-state index contributed by atoms with van der Waals surface area (Å²) in [7, 11) is 3.76. The van der Waals surface area contributed by atoms with Gasteiger partial charge in [0.25, 0.3) is 5.91 Å². The van der Waals surface area contributed by atoms with Gasteiger partial charge in [0.05, 0.1) is 0 Å². The molecule has 0 atom stereocenters. The monoisotopic (exact) mass is 342 g/mol. The summed E-state index contributed by atoms with van der Waals surface area (Å²) in [6.07, 6.45) is 0. The molecule has 0 aliphatic heterocycles. The number of hydrogen-bond acceptors (Lipinski definition) is 3. The zero-order valence-corrected chi connectivity index (χ0v) is 13.5. The molecule has 0 aliphatic carbocycles. The van der Waals surface area contributed by atoms with E-state index in [-0.39, 0.29) is 12.5 Å². The van der Waals surface area contributed by atoms with Crippen molar-refractivity contribution in [1.82, 2.24) is 9.80 Å². The molecule has 1 N–H and O–H groups in total. The first-order chi connectivity index (χ1) is 9.29. The maximum absolute atomic E-state index is 12.4. The van der Waals surface area contributed by atoms with Crippen LogP contribution in [0.5, 0.6) is 0 Å². The van der Waals surface area contributed by atoms with Gasteiger partial charge in [0.1, 0.15) is 6.54 Å². The number of aliphatic carboxylic acids is 1. The van der Waals surface area contributed by atoms with Gasteiger partial charge >= 0.3 is 5.97 Å². The minimum Gasteiger partial charge on any atom is -0.480 e. The fraction of sp³-hybridized carbons (Fsp3) is 0.429. The summed E-state index contributed by atoms with van der Waals surface area (Å²) in [6, 6.07) is 5.37. The molecule has 5 nitrogen and oxygen atoms in total. The van der Waals surface area contributed by atoms with Gasteiger partial charge in [0.2, 0.25) is 0 Å². The molecule has 0 saturated heterocycles. The predicted octanol–water partition coefficient (Wildman–Crippen LogP) is 1.85. The summed E-state index contributed by atoms with van der Waals surface area (Å²) in [5, 5.41) is 8.94. The van der Waals surface area contributed by atoms with Crippen molar-refractivity contribution in [2.24, 2.45) is 0 Å². The molecule has 0 aliphatic rings. The summed E-state index contributed by atoms with van der Waals surface area (Å²) in [4.78, 5) is 26.6. The van der Waals surface area contributed by atoms with Crippen LogP contribution in [-0.2, 0) is 4.79 Å². The first-order valence-electron chi connectivity index (χ1n) is 6.22. The molecule has 20 heavy (non-hydrogen) atoms. The van der Waals surface area contributed by atoms with Gasteiger partial charge in [-0.3, -0.25) is 9.59 Å². The van der Waals surface area contributed by atoms with Gasteiger partial charge in [-0.25, -0.2) is 0 Å². The molecule has 1 rings (SSSR count). The summed E-state index contributed by atoms with van der Waals surface area (Å²) >= 11 is 3.35. The van der Waals surface area contributed by atoms with Crippen molar-refractivity contribution in [3.63, 3.8) is 0 Å². The second kappa shape index (κ2) is 7.40. The van der Waals surface area contributed by atoms with E-state index in [1.54, 1.807) is 12.1 Å². The van der Waals surface area contributed by atoms with Crippen LogP contribution in [0.15, 0.2) is 22.7 Å². The first-order valence-corrected chi connectivity index (χ1v) is 7.02. The van der Waals surface area contributed by atoms with Gasteiger partial charge in [0, 0.05) is 23.1 Å². The Bertz CT molecular complexity index is 483. The summed E-state index contributed by atoms with van der Waals surface area (Å²) < 4.78 is 0.809. The highest BCUT2D eigenvalue weighted by Crippen LogP contribution is 2.16. The summed E-state index contributed by atoms with van der Waals surface area (Å²) in [5.74, 6) is -1.28. The molecule has 1 amide bonds. The topological polar surface area (TPSA) is 60.9 Å². The summed E-state index contributed by atoms with van der Waals surface area (Å²) in [5.41, 5.74) is 1.45. The van der Waals surface area contributed by atoms with Gasteiger partial charge in [-0.2, -0.15) is 0 Å². The minimum absolute atomic E-state index is 0.265. The Morgan fingerprint density at radius 2 is 1.85 bits per heavy atom. The highest BCUT2D eigenvalue weighted by Gasteiger charge is 2.19. The third kappa shape index (κ3) is 5.30. The molecule has 0 spiro atoms. The zero-order chi connectivity index (χ0) is 15.3. The zero-order valence-electron chi connectivity index (χ0n) is 11.9. The van der Waals surface area contributed by atoms with Crippen LogP contribution >= 0.6 is 15.9 Å². The van der Waals surface area contributed by atoms with Crippen LogP contribution in [0.4, 0.5) is 0 Å². The largest absolute Gasteiger partial charge is 0.480 e. The lowest BCUT2D eigenvalue weighted by atomic mass is 10.1. The van der Waals surface area contributed by atoms with E-state index in [1.165, 1.54) is 4.90 Å². The molecule has 0 aromatic heterocycles. The van der Waals surface area contributed by atoms with E-state index < -0.39 is 5.97 Å². The van der Waals surface area contributed by atoms with Crippen molar-refractivity contribution in [2.45, 2.75) is 6.92 Å². The van der Waals surface area contributed by atoms with E-state index >= 15 is 0 Å². The molecule has 110 valence electrons. The number of rotatable bonds is 6. The number of nitrogens with zero attached hydrogens (tertiary/aromatic N) is 2. The molecular formula is C14H19BrN2O3. The first kappa shape index (κ1) is 16.7. The Balaban J connectivity index is 2.93. The van der Waals surface area contributed by atoms with Gasteiger partial charge in [-0.1, -0.05) is 15.9 Å². The lowest BCUT2D eigenvalue weighted by molar-refractivity contribution is -0.137. The standard InChI is InChI=1S/C14H19BrN2O3/c1-10-6-11(8-12(15)7-10)14(20)17(9-13(18)19)5-4-16(2)3/h6-8H,4-5,9H2,1-3H3,(H,18,19). The number of amides is 1. The van der Waals surface area contributed by atoms with Crippen LogP contribution in [0.25, 0.3) is 0 Å². The normalized spacial score (nSPS) is 10.7. The molecule has 0 bridgehead atoms. The van der Waals surface area contributed by atoms with E-state index in [9.17, 15) is 9.59 Å². The molecule has 1 aromatic rings. The number of carboxylic acid groups (broad SMARTS) is 1. The highest BCUT2D eigenvalue weighted by molar-refractivity contribution is 9.10. The highest BCUT2D eigenvalue weighted by atomic mass is 79.9. The van der Waals surface area contributed by atoms with Crippen molar-refractivity contribution in [1.29, 1.82) is 0 Å². The number of benzene rings is 1. The Labute approximate surface area is 127 Å². The van der Waals surface area contributed by atoms with Crippen molar-refractivity contribution >= 4 is 27.8 Å². The lowest BCUT2D eigenvalue weighted by Gasteiger charge is -2.23. The number of carbonyl (C=O) groups is 2. The number of likely N-dealkylation sites (N-methyl/N-ethyl adjacent to an activating group) is 1. The number of carboxylic acids is 1. The van der Waals surface area contributed by atoms with Gasteiger partial charge < -0.3 is 14.9 Å². The average Bonchev–Trinajstić information content (AvgIpc) is 2.31. The predicted molar refractivity (Wildman–Crippen MR) is 81.0 cm³/mol. The van der Waals surface area contributed by atoms with E-state index in [0.29, 0.717) is 18.7 Å². The molecule has 1 aromatic carbocycles. The van der Waals surface area contributed by atoms with Crippen LogP contribution in [-0.4, -0.2) is 60.5 Å². The van der Waals surface area contributed by atoms with Crippen LogP contribution in [0.1, 0.15) is 15.9 Å². The fourth-order valence-electron chi connectivity index (χ4n) is 1.78. The average molecular weight is 343 g/mol. The van der Waals surface area contributed by atoms with E-state index in [4.69, 9.17) is 5.11 Å². The second-order valence-electron chi connectivity index (χ2n) is 4.94. The molecule has 0 radical (unpaired) electrons. The van der Waals surface area contributed by atoms with Gasteiger partial charge in [-0.15, -0.1) is 0 Å². The Morgan fingerprint density at radius 3 is 2.35 bits per heavy atom. The van der Waals surface area contributed by atoms with Crippen molar-refractivity contribution in [2.75, 3.05) is 33.7 Å². The number of halogens is 1. The molecule has 0 fully saturated rings. The third-order valence-corrected chi connectivity index (χ3v) is 3.18. The van der Waals surface area contributed by atoms with Gasteiger partial charge in [0.15, 0.2) is 0 Å². The SMILES string of the molecule is Cc1cc(Br)cc(C(=O)N(CCN(C)C)CC(=O)O)c1. The molecule has 0 heterocycles. The van der Waals surface area contributed by atoms with Crippen LogP contribution in [0, 0.1) is 6.92 Å². The van der Waals surface area contributed by atoms with Crippen LogP contribution in [0.2, 0.25) is 0 Å². The molecule has 0 saturated carbocycles. The maximum Gasteiger partial charge on any atom is 0.323 e. The smallest absolute Gasteiger partial charge is 0.323 e. The fourth-order valence-corrected chi connectivity index (χ4v) is 2.39. The summed E-state index contributed by atoms with van der Waals surface area (Å²) in [6.45, 7) is 2.59. The Morgan fingerprint density at radius 1 is 1.20 bits per heavy atom.